The van der Waals surface area contributed by atoms with Crippen molar-refractivity contribution >= 4 is 11.9 Å². The zero-order valence-electron chi connectivity index (χ0n) is 14.6. The summed E-state index contributed by atoms with van der Waals surface area (Å²) >= 11 is 0. The quantitative estimate of drug-likeness (QED) is 0.185. The Kier molecular flexibility index (Phi) is 34.5. The first kappa shape index (κ1) is 28.6. The number of ether oxygens (including phenoxy) is 3. The minimum Gasteiger partial charge on any atom is -0.505 e. The van der Waals surface area contributed by atoms with E-state index in [1.165, 1.54) is 26.7 Å². The highest BCUT2D eigenvalue weighted by Gasteiger charge is 1.95. The number of methoxy groups -OCH3 is 3. The standard InChI is InChI=1S/C5H8O2.C4H6O2.C4H8O2.C3H6O/c1-4(2)5(6)7-3;1-3-4(5)6-2;1-3-5-6-4-2;1-3-4-2/h1H2,2-3H3;3H,1H2,2H3;3H,1,4H2,2H3;3H,1H2,2H3. The SMILES string of the molecule is C=C(C)C(=O)OC.C=CC(=O)OC.C=COC.C=COOCC. The molecule has 0 rings (SSSR count). The van der Waals surface area contributed by atoms with Crippen LogP contribution in [0.15, 0.2) is 50.5 Å². The van der Waals surface area contributed by atoms with Crippen LogP contribution in [-0.4, -0.2) is 39.9 Å². The maximum atomic E-state index is 10.2. The third-order valence-electron chi connectivity index (χ3n) is 1.32. The minimum absolute atomic E-state index is 0.347. The van der Waals surface area contributed by atoms with Crippen molar-refractivity contribution < 1.29 is 33.6 Å². The molecule has 0 spiro atoms. The fraction of sp³-hybridized carbons (Fsp3) is 0.375. The van der Waals surface area contributed by atoms with Gasteiger partial charge in [-0.1, -0.05) is 26.3 Å². The molecule has 134 valence electrons. The Labute approximate surface area is 138 Å². The number of carbonyl (C=O) groups is 2. The highest BCUT2D eigenvalue weighted by atomic mass is 17.2. The first-order chi connectivity index (χ1) is 10.8. The van der Waals surface area contributed by atoms with E-state index in [2.05, 4.69) is 50.3 Å². The van der Waals surface area contributed by atoms with E-state index in [0.29, 0.717) is 12.2 Å². The molecule has 0 saturated carbocycles. The lowest BCUT2D eigenvalue weighted by atomic mass is 10.4. The Morgan fingerprint density at radius 1 is 1.00 bits per heavy atom. The molecule has 0 aromatic heterocycles. The summed E-state index contributed by atoms with van der Waals surface area (Å²) < 4.78 is 12.7. The number of esters is 2. The molecular weight excluding hydrogens is 304 g/mol. The van der Waals surface area contributed by atoms with Crippen LogP contribution in [0.1, 0.15) is 13.8 Å². The largest absolute Gasteiger partial charge is 0.505 e. The summed E-state index contributed by atoms with van der Waals surface area (Å²) in [4.78, 5) is 28.6. The van der Waals surface area contributed by atoms with Crippen molar-refractivity contribution in [1.82, 2.24) is 0 Å². The van der Waals surface area contributed by atoms with E-state index in [-0.39, 0.29) is 5.97 Å². The second-order valence-corrected chi connectivity index (χ2v) is 3.07. The average Bonchev–Trinajstić information content (AvgIpc) is 2.59. The van der Waals surface area contributed by atoms with Crippen molar-refractivity contribution in [2.45, 2.75) is 13.8 Å². The highest BCUT2D eigenvalue weighted by Crippen LogP contribution is 1.87. The second kappa shape index (κ2) is 27.7. The molecule has 23 heavy (non-hydrogen) atoms. The molecule has 0 radical (unpaired) electrons. The Morgan fingerprint density at radius 2 is 1.48 bits per heavy atom. The first-order valence-electron chi connectivity index (χ1n) is 6.29. The van der Waals surface area contributed by atoms with Crippen LogP contribution in [0.4, 0.5) is 0 Å². The van der Waals surface area contributed by atoms with Gasteiger partial charge in [0, 0.05) is 11.6 Å². The number of hydrogen-bond acceptors (Lipinski definition) is 7. The summed E-state index contributed by atoms with van der Waals surface area (Å²) in [5, 5.41) is 0. The zero-order chi connectivity index (χ0) is 19.1. The van der Waals surface area contributed by atoms with Crippen LogP contribution < -0.4 is 0 Å². The van der Waals surface area contributed by atoms with E-state index in [4.69, 9.17) is 0 Å². The van der Waals surface area contributed by atoms with E-state index in [9.17, 15) is 9.59 Å². The van der Waals surface area contributed by atoms with Gasteiger partial charge in [-0.25, -0.2) is 9.59 Å². The van der Waals surface area contributed by atoms with Crippen molar-refractivity contribution in [2.24, 2.45) is 0 Å². The zero-order valence-corrected chi connectivity index (χ0v) is 14.6. The molecule has 0 atom stereocenters. The monoisotopic (exact) mass is 332 g/mol. The molecule has 0 fully saturated rings. The van der Waals surface area contributed by atoms with E-state index in [1.807, 2.05) is 6.92 Å². The van der Waals surface area contributed by atoms with Gasteiger partial charge >= 0.3 is 11.9 Å². The van der Waals surface area contributed by atoms with Crippen molar-refractivity contribution in [2.75, 3.05) is 27.9 Å². The smallest absolute Gasteiger partial charge is 0.332 e. The van der Waals surface area contributed by atoms with Gasteiger partial charge in [-0.15, -0.1) is 0 Å². The van der Waals surface area contributed by atoms with E-state index >= 15 is 0 Å². The predicted molar refractivity (Wildman–Crippen MR) is 89.2 cm³/mol. The molecule has 0 N–H and O–H groups in total. The summed E-state index contributed by atoms with van der Waals surface area (Å²) in [6.45, 7) is 17.0. The summed E-state index contributed by atoms with van der Waals surface area (Å²) in [6, 6.07) is 0. The van der Waals surface area contributed by atoms with Gasteiger partial charge in [-0.2, -0.15) is 4.89 Å². The summed E-state index contributed by atoms with van der Waals surface area (Å²) in [7, 11) is 4.20. The van der Waals surface area contributed by atoms with Gasteiger partial charge in [0.05, 0.1) is 34.2 Å². The van der Waals surface area contributed by atoms with Crippen LogP contribution in [0.2, 0.25) is 0 Å². The molecule has 0 unspecified atom stereocenters. The highest BCUT2D eigenvalue weighted by molar-refractivity contribution is 5.86. The predicted octanol–water partition coefficient (Wildman–Crippen LogP) is 2.96. The lowest BCUT2D eigenvalue weighted by Gasteiger charge is -1.91. The lowest BCUT2D eigenvalue weighted by molar-refractivity contribution is -0.244. The normalized spacial score (nSPS) is 7.00. The molecule has 0 aliphatic carbocycles. The van der Waals surface area contributed by atoms with E-state index < -0.39 is 5.97 Å². The van der Waals surface area contributed by atoms with Crippen molar-refractivity contribution in [3.63, 3.8) is 0 Å². The van der Waals surface area contributed by atoms with Crippen LogP contribution in [0.3, 0.4) is 0 Å². The van der Waals surface area contributed by atoms with E-state index in [0.717, 1.165) is 6.08 Å². The van der Waals surface area contributed by atoms with Crippen LogP contribution in [0, 0.1) is 0 Å². The van der Waals surface area contributed by atoms with Gasteiger partial charge in [0.25, 0.3) is 0 Å². The van der Waals surface area contributed by atoms with Gasteiger partial charge in [0.15, 0.2) is 0 Å². The second-order valence-electron chi connectivity index (χ2n) is 3.07. The molecule has 0 aromatic carbocycles. The maximum Gasteiger partial charge on any atom is 0.332 e. The third kappa shape index (κ3) is 45.2. The van der Waals surface area contributed by atoms with Gasteiger partial charge < -0.3 is 19.1 Å². The fourth-order valence-electron chi connectivity index (χ4n) is 0.374. The molecule has 0 saturated heterocycles. The average molecular weight is 332 g/mol. The molecular formula is C16H28O7. The maximum absolute atomic E-state index is 10.2. The topological polar surface area (TPSA) is 80.3 Å². The molecule has 0 aromatic rings. The fourth-order valence-corrected chi connectivity index (χ4v) is 0.374. The summed E-state index contributed by atoms with van der Waals surface area (Å²) in [6.07, 6.45) is 3.73. The third-order valence-corrected chi connectivity index (χ3v) is 1.32. The van der Waals surface area contributed by atoms with E-state index in [1.54, 1.807) is 14.0 Å². The van der Waals surface area contributed by atoms with Crippen molar-refractivity contribution in [1.29, 1.82) is 0 Å². The molecule has 0 aliphatic heterocycles. The Morgan fingerprint density at radius 3 is 1.52 bits per heavy atom. The molecule has 0 bridgehead atoms. The summed E-state index contributed by atoms with van der Waals surface area (Å²) in [5.74, 6) is -0.741. The molecule has 0 heterocycles. The van der Waals surface area contributed by atoms with Gasteiger partial charge in [-0.05, 0) is 13.8 Å². The van der Waals surface area contributed by atoms with Crippen molar-refractivity contribution in [3.05, 3.63) is 50.5 Å². The van der Waals surface area contributed by atoms with Crippen LogP contribution in [0.5, 0.6) is 0 Å². The van der Waals surface area contributed by atoms with Crippen LogP contribution >= 0.6 is 0 Å². The Hall–Kier alpha value is -2.54. The molecule has 0 amide bonds. The van der Waals surface area contributed by atoms with Crippen molar-refractivity contribution in [3.8, 4) is 0 Å². The van der Waals surface area contributed by atoms with Gasteiger partial charge in [0.1, 0.15) is 6.26 Å². The Balaban J connectivity index is -0.000000107. The van der Waals surface area contributed by atoms with Gasteiger partial charge in [-0.3, -0.25) is 0 Å². The van der Waals surface area contributed by atoms with Gasteiger partial charge in [0.2, 0.25) is 0 Å². The molecule has 7 nitrogen and oxygen atoms in total. The number of hydrogen-bond donors (Lipinski definition) is 0. The van der Waals surface area contributed by atoms with Crippen LogP contribution in [0.25, 0.3) is 0 Å². The molecule has 7 heteroatoms. The first-order valence-corrected chi connectivity index (χ1v) is 6.29. The Bertz CT molecular complexity index is 335. The molecule has 0 aliphatic rings. The minimum atomic E-state index is -0.394. The summed E-state index contributed by atoms with van der Waals surface area (Å²) in [5.41, 5.74) is 0.433. The number of rotatable bonds is 6. The lowest BCUT2D eigenvalue weighted by Crippen LogP contribution is -1.98. The number of carbonyl (C=O) groups excluding carboxylic acids is 2. The van der Waals surface area contributed by atoms with Crippen LogP contribution in [-0.2, 0) is 33.6 Å².